The SMILES string of the molecule is CC(C)C(C)Nc1ccc2c(c1)CCC2. The molecule has 0 fully saturated rings. The van der Waals surface area contributed by atoms with Crippen LogP contribution >= 0.6 is 0 Å². The molecule has 15 heavy (non-hydrogen) atoms. The van der Waals surface area contributed by atoms with E-state index in [1.807, 2.05) is 0 Å². The Kier molecular flexibility index (Phi) is 2.99. The zero-order valence-electron chi connectivity index (χ0n) is 10.0. The molecule has 1 aromatic rings. The standard InChI is InChI=1S/C14H21N/c1-10(2)11(3)15-14-8-7-12-5-4-6-13(12)9-14/h7-11,15H,4-6H2,1-3H3. The molecule has 0 radical (unpaired) electrons. The molecular weight excluding hydrogens is 182 g/mol. The van der Waals surface area contributed by atoms with Crippen LogP contribution < -0.4 is 5.32 Å². The number of nitrogens with one attached hydrogen (secondary N) is 1. The van der Waals surface area contributed by atoms with E-state index in [-0.39, 0.29) is 0 Å². The van der Waals surface area contributed by atoms with E-state index >= 15 is 0 Å². The minimum atomic E-state index is 0.546. The molecule has 82 valence electrons. The first-order valence-corrected chi connectivity index (χ1v) is 6.05. The van der Waals surface area contributed by atoms with Gasteiger partial charge in [0.1, 0.15) is 0 Å². The van der Waals surface area contributed by atoms with Gasteiger partial charge < -0.3 is 5.32 Å². The monoisotopic (exact) mass is 203 g/mol. The highest BCUT2D eigenvalue weighted by molar-refractivity contribution is 5.50. The Bertz CT molecular complexity index is 341. The van der Waals surface area contributed by atoms with Crippen LogP contribution in [0.5, 0.6) is 0 Å². The first-order chi connectivity index (χ1) is 7.16. The molecule has 1 aliphatic carbocycles. The molecule has 0 saturated carbocycles. The Hall–Kier alpha value is -0.980. The number of hydrogen-bond donors (Lipinski definition) is 1. The van der Waals surface area contributed by atoms with Crippen molar-refractivity contribution < 1.29 is 0 Å². The van der Waals surface area contributed by atoms with Crippen molar-refractivity contribution in [1.29, 1.82) is 0 Å². The molecule has 0 bridgehead atoms. The zero-order chi connectivity index (χ0) is 10.8. The summed E-state index contributed by atoms with van der Waals surface area (Å²) >= 11 is 0. The van der Waals surface area contributed by atoms with Crippen molar-refractivity contribution in [3.63, 3.8) is 0 Å². The molecule has 1 atom stereocenters. The molecule has 1 unspecified atom stereocenters. The summed E-state index contributed by atoms with van der Waals surface area (Å²) in [4.78, 5) is 0. The molecule has 1 aromatic carbocycles. The summed E-state index contributed by atoms with van der Waals surface area (Å²) in [5.41, 5.74) is 4.39. The average Bonchev–Trinajstić information content (AvgIpc) is 2.64. The van der Waals surface area contributed by atoms with E-state index in [2.05, 4.69) is 44.3 Å². The highest BCUT2D eigenvalue weighted by atomic mass is 14.9. The van der Waals surface area contributed by atoms with Gasteiger partial charge in [-0.15, -0.1) is 0 Å². The smallest absolute Gasteiger partial charge is 0.0345 e. The Balaban J connectivity index is 2.10. The number of rotatable bonds is 3. The van der Waals surface area contributed by atoms with E-state index < -0.39 is 0 Å². The second-order valence-electron chi connectivity index (χ2n) is 5.01. The van der Waals surface area contributed by atoms with Gasteiger partial charge in [-0.3, -0.25) is 0 Å². The van der Waals surface area contributed by atoms with E-state index in [1.54, 1.807) is 11.1 Å². The minimum Gasteiger partial charge on any atom is -0.382 e. The highest BCUT2D eigenvalue weighted by Gasteiger charge is 2.12. The lowest BCUT2D eigenvalue weighted by molar-refractivity contribution is 0.560. The predicted molar refractivity (Wildman–Crippen MR) is 66.4 cm³/mol. The highest BCUT2D eigenvalue weighted by Crippen LogP contribution is 2.25. The molecule has 1 heteroatoms. The third-order valence-corrected chi connectivity index (χ3v) is 3.49. The second-order valence-corrected chi connectivity index (χ2v) is 5.01. The topological polar surface area (TPSA) is 12.0 Å². The first kappa shape index (κ1) is 10.5. The summed E-state index contributed by atoms with van der Waals surface area (Å²) in [6.45, 7) is 6.76. The van der Waals surface area contributed by atoms with Gasteiger partial charge in [0.25, 0.3) is 0 Å². The van der Waals surface area contributed by atoms with Gasteiger partial charge in [-0.05, 0) is 55.4 Å². The summed E-state index contributed by atoms with van der Waals surface area (Å²) in [6, 6.07) is 7.39. The van der Waals surface area contributed by atoms with Crippen LogP contribution in [-0.2, 0) is 12.8 Å². The molecule has 0 aliphatic heterocycles. The van der Waals surface area contributed by atoms with Gasteiger partial charge in [-0.2, -0.15) is 0 Å². The van der Waals surface area contributed by atoms with Gasteiger partial charge in [0.2, 0.25) is 0 Å². The Labute approximate surface area is 92.9 Å². The lowest BCUT2D eigenvalue weighted by Crippen LogP contribution is -2.21. The summed E-state index contributed by atoms with van der Waals surface area (Å²) in [5.74, 6) is 0.679. The fraction of sp³-hybridized carbons (Fsp3) is 0.571. The van der Waals surface area contributed by atoms with Crippen LogP contribution in [0.4, 0.5) is 5.69 Å². The van der Waals surface area contributed by atoms with Crippen molar-refractivity contribution in [3.8, 4) is 0 Å². The summed E-state index contributed by atoms with van der Waals surface area (Å²) in [7, 11) is 0. The van der Waals surface area contributed by atoms with Crippen molar-refractivity contribution in [1.82, 2.24) is 0 Å². The fourth-order valence-electron chi connectivity index (χ4n) is 2.09. The van der Waals surface area contributed by atoms with Gasteiger partial charge >= 0.3 is 0 Å². The molecule has 1 nitrogen and oxygen atoms in total. The lowest BCUT2D eigenvalue weighted by atomic mass is 10.0. The molecule has 1 aliphatic rings. The summed E-state index contributed by atoms with van der Waals surface area (Å²) < 4.78 is 0. The van der Waals surface area contributed by atoms with Gasteiger partial charge in [0.15, 0.2) is 0 Å². The molecular formula is C14H21N. The van der Waals surface area contributed by atoms with Crippen LogP contribution in [0.25, 0.3) is 0 Å². The third kappa shape index (κ3) is 2.34. The van der Waals surface area contributed by atoms with E-state index in [0.29, 0.717) is 12.0 Å². The molecule has 1 N–H and O–H groups in total. The van der Waals surface area contributed by atoms with E-state index in [1.165, 1.54) is 24.9 Å². The molecule has 0 amide bonds. The van der Waals surface area contributed by atoms with E-state index in [9.17, 15) is 0 Å². The average molecular weight is 203 g/mol. The van der Waals surface area contributed by atoms with Gasteiger partial charge in [-0.25, -0.2) is 0 Å². The Morgan fingerprint density at radius 2 is 1.80 bits per heavy atom. The van der Waals surface area contributed by atoms with Crippen LogP contribution in [0.1, 0.15) is 38.3 Å². The number of fused-ring (bicyclic) bond motifs is 1. The van der Waals surface area contributed by atoms with Crippen molar-refractivity contribution in [3.05, 3.63) is 29.3 Å². The van der Waals surface area contributed by atoms with Crippen LogP contribution in [0, 0.1) is 5.92 Å². The largest absolute Gasteiger partial charge is 0.382 e. The number of anilines is 1. The van der Waals surface area contributed by atoms with E-state index in [4.69, 9.17) is 0 Å². The fourth-order valence-corrected chi connectivity index (χ4v) is 2.09. The maximum absolute atomic E-state index is 3.57. The number of hydrogen-bond acceptors (Lipinski definition) is 1. The third-order valence-electron chi connectivity index (χ3n) is 3.49. The summed E-state index contributed by atoms with van der Waals surface area (Å²) in [6.07, 6.45) is 3.87. The van der Waals surface area contributed by atoms with Crippen LogP contribution in [0.3, 0.4) is 0 Å². The number of aryl methyl sites for hydroxylation is 2. The number of benzene rings is 1. The van der Waals surface area contributed by atoms with Crippen molar-refractivity contribution in [2.75, 3.05) is 5.32 Å². The van der Waals surface area contributed by atoms with Crippen LogP contribution in [-0.4, -0.2) is 6.04 Å². The van der Waals surface area contributed by atoms with Crippen LogP contribution in [0.2, 0.25) is 0 Å². The predicted octanol–water partition coefficient (Wildman–Crippen LogP) is 3.63. The van der Waals surface area contributed by atoms with Crippen molar-refractivity contribution in [2.24, 2.45) is 5.92 Å². The van der Waals surface area contributed by atoms with Gasteiger partial charge in [0.05, 0.1) is 0 Å². The molecule has 0 spiro atoms. The quantitative estimate of drug-likeness (QED) is 0.791. The molecule has 0 aromatic heterocycles. The molecule has 0 heterocycles. The van der Waals surface area contributed by atoms with Crippen molar-refractivity contribution in [2.45, 2.75) is 46.1 Å². The lowest BCUT2D eigenvalue weighted by Gasteiger charge is -2.19. The van der Waals surface area contributed by atoms with Crippen LogP contribution in [0.15, 0.2) is 18.2 Å². The first-order valence-electron chi connectivity index (χ1n) is 6.05. The zero-order valence-corrected chi connectivity index (χ0v) is 10.0. The summed E-state index contributed by atoms with van der Waals surface area (Å²) in [5, 5.41) is 3.57. The van der Waals surface area contributed by atoms with Gasteiger partial charge in [0, 0.05) is 11.7 Å². The second kappa shape index (κ2) is 4.26. The maximum Gasteiger partial charge on any atom is 0.0345 e. The maximum atomic E-state index is 3.57. The van der Waals surface area contributed by atoms with Crippen molar-refractivity contribution >= 4 is 5.69 Å². The normalized spacial score (nSPS) is 16.5. The van der Waals surface area contributed by atoms with E-state index in [0.717, 1.165) is 0 Å². The Morgan fingerprint density at radius 1 is 1.07 bits per heavy atom. The molecule has 0 saturated heterocycles. The molecule has 2 rings (SSSR count). The minimum absolute atomic E-state index is 0.546. The van der Waals surface area contributed by atoms with Gasteiger partial charge in [-0.1, -0.05) is 19.9 Å². The Morgan fingerprint density at radius 3 is 2.53 bits per heavy atom.